The first kappa shape index (κ1) is 14.6. The Morgan fingerprint density at radius 3 is 2.42 bits per heavy atom. The van der Waals surface area contributed by atoms with E-state index in [2.05, 4.69) is 21.2 Å². The second kappa shape index (κ2) is 5.94. The van der Waals surface area contributed by atoms with E-state index in [0.29, 0.717) is 5.69 Å². The molecule has 1 aromatic heterocycles. The zero-order chi connectivity index (χ0) is 14.6. The Morgan fingerprint density at radius 2 is 1.95 bits per heavy atom. The Bertz CT molecular complexity index is 508. The van der Waals surface area contributed by atoms with Gasteiger partial charge in [0.05, 0.1) is 5.69 Å². The quantitative estimate of drug-likeness (QED) is 0.618. The molecule has 0 aliphatic heterocycles. The van der Waals surface area contributed by atoms with Crippen LogP contribution in [0.5, 0.6) is 0 Å². The molecule has 19 heavy (non-hydrogen) atoms. The monoisotopic (exact) mass is 269 g/mol. The van der Waals surface area contributed by atoms with Gasteiger partial charge in [-0.25, -0.2) is 9.48 Å². The van der Waals surface area contributed by atoms with Crippen LogP contribution in [-0.4, -0.2) is 37.9 Å². The molecule has 0 spiro atoms. The number of nitrogens with zero attached hydrogens (tertiary/aromatic N) is 3. The molecule has 0 unspecified atom stereocenters. The molecule has 0 radical (unpaired) electrons. The van der Waals surface area contributed by atoms with Gasteiger partial charge in [-0.3, -0.25) is 20.4 Å². The van der Waals surface area contributed by atoms with Crippen LogP contribution in [0.25, 0.3) is 0 Å². The van der Waals surface area contributed by atoms with Crippen molar-refractivity contribution >= 4 is 17.8 Å². The highest BCUT2D eigenvalue weighted by molar-refractivity contribution is 5.87. The van der Waals surface area contributed by atoms with Crippen LogP contribution in [0.4, 0.5) is 0 Å². The van der Waals surface area contributed by atoms with Gasteiger partial charge in [0.25, 0.3) is 5.91 Å². The van der Waals surface area contributed by atoms with Crippen molar-refractivity contribution in [1.29, 1.82) is 0 Å². The Labute approximate surface area is 108 Å². The van der Waals surface area contributed by atoms with Gasteiger partial charge in [-0.15, -0.1) is 5.10 Å². The number of carboxylic acid groups (broad SMARTS) is 1. The summed E-state index contributed by atoms with van der Waals surface area (Å²) in [4.78, 5) is 33.1. The maximum absolute atomic E-state index is 11.5. The van der Waals surface area contributed by atoms with E-state index in [1.54, 1.807) is 13.8 Å². The minimum absolute atomic E-state index is 0.158. The molecule has 0 fully saturated rings. The highest BCUT2D eigenvalue weighted by Crippen LogP contribution is 2.17. The minimum Gasteiger partial charge on any atom is -0.476 e. The van der Waals surface area contributed by atoms with Crippen molar-refractivity contribution in [3.05, 3.63) is 11.4 Å². The van der Waals surface area contributed by atoms with E-state index >= 15 is 0 Å². The fraction of sp³-hybridized carbons (Fsp3) is 0.500. The normalized spacial score (nSPS) is 10.3. The highest BCUT2D eigenvalue weighted by Gasteiger charge is 2.22. The van der Waals surface area contributed by atoms with Gasteiger partial charge in [0.2, 0.25) is 5.91 Å². The van der Waals surface area contributed by atoms with Gasteiger partial charge in [-0.05, 0) is 5.92 Å². The van der Waals surface area contributed by atoms with Crippen LogP contribution in [0.2, 0.25) is 0 Å². The Kier molecular flexibility index (Phi) is 4.56. The predicted octanol–water partition coefficient (Wildman–Crippen LogP) is -0.733. The highest BCUT2D eigenvalue weighted by atomic mass is 16.4. The van der Waals surface area contributed by atoms with Crippen LogP contribution < -0.4 is 10.9 Å². The van der Waals surface area contributed by atoms with E-state index in [0.717, 1.165) is 0 Å². The zero-order valence-corrected chi connectivity index (χ0v) is 10.8. The fourth-order valence-electron chi connectivity index (χ4n) is 1.49. The molecule has 0 bridgehead atoms. The maximum atomic E-state index is 11.5. The van der Waals surface area contributed by atoms with E-state index in [1.807, 2.05) is 0 Å². The first-order chi connectivity index (χ1) is 8.82. The molecule has 1 aromatic rings. The minimum atomic E-state index is -1.20. The van der Waals surface area contributed by atoms with Crippen LogP contribution >= 0.6 is 0 Å². The predicted molar refractivity (Wildman–Crippen MR) is 63.0 cm³/mol. The molecular weight excluding hydrogens is 254 g/mol. The van der Waals surface area contributed by atoms with Crippen LogP contribution in [-0.2, 0) is 16.1 Å². The summed E-state index contributed by atoms with van der Waals surface area (Å²) in [5.41, 5.74) is 4.46. The Morgan fingerprint density at radius 1 is 1.32 bits per heavy atom. The number of carbonyl (C=O) groups is 3. The van der Waals surface area contributed by atoms with Crippen molar-refractivity contribution in [2.75, 3.05) is 0 Å². The summed E-state index contributed by atoms with van der Waals surface area (Å²) in [7, 11) is 0. The summed E-state index contributed by atoms with van der Waals surface area (Å²) >= 11 is 0. The van der Waals surface area contributed by atoms with Gasteiger partial charge < -0.3 is 5.11 Å². The molecule has 0 atom stereocenters. The lowest BCUT2D eigenvalue weighted by molar-refractivity contribution is -0.128. The molecule has 104 valence electrons. The fourth-order valence-corrected chi connectivity index (χ4v) is 1.49. The first-order valence-electron chi connectivity index (χ1n) is 5.55. The molecule has 1 heterocycles. The van der Waals surface area contributed by atoms with Crippen LogP contribution in [0.1, 0.15) is 42.9 Å². The lowest BCUT2D eigenvalue weighted by Gasteiger charge is -2.10. The average molecular weight is 269 g/mol. The third-order valence-electron chi connectivity index (χ3n) is 2.19. The van der Waals surface area contributed by atoms with E-state index in [1.165, 1.54) is 11.6 Å². The van der Waals surface area contributed by atoms with Gasteiger partial charge in [0.1, 0.15) is 6.54 Å². The number of carbonyl (C=O) groups excluding carboxylic acids is 2. The van der Waals surface area contributed by atoms with Crippen molar-refractivity contribution in [3.8, 4) is 0 Å². The van der Waals surface area contributed by atoms with Gasteiger partial charge in [0.15, 0.2) is 5.69 Å². The zero-order valence-electron chi connectivity index (χ0n) is 10.8. The summed E-state index contributed by atoms with van der Waals surface area (Å²) < 4.78 is 1.20. The molecule has 0 aliphatic carbocycles. The summed E-state index contributed by atoms with van der Waals surface area (Å²) in [5.74, 6) is -2.30. The van der Waals surface area contributed by atoms with Crippen LogP contribution in [0.15, 0.2) is 0 Å². The van der Waals surface area contributed by atoms with Gasteiger partial charge >= 0.3 is 5.97 Å². The standard InChI is InChI=1S/C10H15N5O4/c1-5(2)9-8(10(18)19)13-14-15(9)4-7(17)12-11-6(3)16/h5H,4H2,1-3H3,(H,11,16)(H,12,17)(H,18,19). The Balaban J connectivity index is 2.86. The van der Waals surface area contributed by atoms with Gasteiger partial charge in [-0.2, -0.15) is 0 Å². The van der Waals surface area contributed by atoms with E-state index in [9.17, 15) is 14.4 Å². The number of nitrogens with one attached hydrogen (secondary N) is 2. The number of amides is 2. The van der Waals surface area contributed by atoms with Crippen molar-refractivity contribution in [2.24, 2.45) is 0 Å². The van der Waals surface area contributed by atoms with E-state index in [-0.39, 0.29) is 18.2 Å². The molecule has 9 nitrogen and oxygen atoms in total. The molecule has 1 rings (SSSR count). The average Bonchev–Trinajstić information content (AvgIpc) is 2.70. The molecular formula is C10H15N5O4. The number of aromatic nitrogens is 3. The molecule has 0 aliphatic rings. The number of hydrogen-bond donors (Lipinski definition) is 3. The summed E-state index contributed by atoms with van der Waals surface area (Å²) in [5, 5.41) is 16.1. The number of aromatic carboxylic acids is 1. The van der Waals surface area contributed by atoms with Crippen LogP contribution in [0.3, 0.4) is 0 Å². The Hall–Kier alpha value is -2.45. The van der Waals surface area contributed by atoms with Crippen molar-refractivity contribution in [2.45, 2.75) is 33.2 Å². The summed E-state index contributed by atoms with van der Waals surface area (Å²) in [6.45, 7) is 4.56. The molecule has 9 heteroatoms. The summed E-state index contributed by atoms with van der Waals surface area (Å²) in [6.07, 6.45) is 0. The van der Waals surface area contributed by atoms with Gasteiger partial charge in [-0.1, -0.05) is 19.1 Å². The first-order valence-corrected chi connectivity index (χ1v) is 5.55. The number of hydrazine groups is 1. The molecule has 0 aromatic carbocycles. The number of carboxylic acids is 1. The van der Waals surface area contributed by atoms with Crippen molar-refractivity contribution in [3.63, 3.8) is 0 Å². The lowest BCUT2D eigenvalue weighted by Crippen LogP contribution is -2.42. The van der Waals surface area contributed by atoms with E-state index in [4.69, 9.17) is 5.11 Å². The van der Waals surface area contributed by atoms with Crippen molar-refractivity contribution < 1.29 is 19.5 Å². The van der Waals surface area contributed by atoms with Crippen LogP contribution in [0, 0.1) is 0 Å². The summed E-state index contributed by atoms with van der Waals surface area (Å²) in [6, 6.07) is 0. The third kappa shape index (κ3) is 3.76. The van der Waals surface area contributed by atoms with E-state index < -0.39 is 17.8 Å². The maximum Gasteiger partial charge on any atom is 0.358 e. The number of hydrogen-bond acceptors (Lipinski definition) is 5. The number of rotatable bonds is 4. The lowest BCUT2D eigenvalue weighted by atomic mass is 10.1. The molecule has 2 amide bonds. The second-order valence-corrected chi connectivity index (χ2v) is 4.17. The molecule has 0 saturated carbocycles. The topological polar surface area (TPSA) is 126 Å². The largest absolute Gasteiger partial charge is 0.476 e. The van der Waals surface area contributed by atoms with Crippen molar-refractivity contribution in [1.82, 2.24) is 25.8 Å². The SMILES string of the molecule is CC(=O)NNC(=O)Cn1nnc(C(=O)O)c1C(C)C. The molecule has 0 saturated heterocycles. The van der Waals surface area contributed by atoms with Gasteiger partial charge in [0, 0.05) is 6.92 Å². The third-order valence-corrected chi connectivity index (χ3v) is 2.19. The second-order valence-electron chi connectivity index (χ2n) is 4.17. The smallest absolute Gasteiger partial charge is 0.358 e. The molecule has 3 N–H and O–H groups in total.